The standard InChI is InChI=1S/C11H16N4Si/c1-8-5-10-14(12-8)7-15-11(16(10,3)4)6-9(2)13-15/h5-6H,7H2,1-4H3. The molecule has 84 valence electrons. The first kappa shape index (κ1) is 9.83. The maximum absolute atomic E-state index is 4.55. The van der Waals surface area contributed by atoms with E-state index in [9.17, 15) is 0 Å². The van der Waals surface area contributed by atoms with Crippen molar-refractivity contribution in [1.29, 1.82) is 0 Å². The molecule has 0 spiro atoms. The molecule has 2 aromatic rings. The van der Waals surface area contributed by atoms with E-state index in [0.717, 1.165) is 18.1 Å². The van der Waals surface area contributed by atoms with Gasteiger partial charge in [-0.1, -0.05) is 13.1 Å². The summed E-state index contributed by atoms with van der Waals surface area (Å²) in [5.74, 6) is 0. The molecule has 0 saturated carbocycles. The molecule has 5 heteroatoms. The van der Waals surface area contributed by atoms with Gasteiger partial charge in [0.2, 0.25) is 0 Å². The number of rotatable bonds is 0. The van der Waals surface area contributed by atoms with Crippen LogP contribution in [0.15, 0.2) is 12.1 Å². The molecule has 0 bridgehead atoms. The molecule has 0 unspecified atom stereocenters. The van der Waals surface area contributed by atoms with Crippen molar-refractivity contribution in [2.75, 3.05) is 0 Å². The third-order valence-electron chi connectivity index (χ3n) is 3.35. The normalized spacial score (nSPS) is 17.0. The predicted molar refractivity (Wildman–Crippen MR) is 66.1 cm³/mol. The second-order valence-corrected chi connectivity index (χ2v) is 9.38. The lowest BCUT2D eigenvalue weighted by molar-refractivity contribution is 0.508. The van der Waals surface area contributed by atoms with E-state index in [1.165, 1.54) is 10.6 Å². The van der Waals surface area contributed by atoms with E-state index >= 15 is 0 Å². The van der Waals surface area contributed by atoms with Gasteiger partial charge in [-0.15, -0.1) is 0 Å². The number of nitrogens with zero attached hydrogens (tertiary/aromatic N) is 4. The molecule has 1 aliphatic rings. The van der Waals surface area contributed by atoms with E-state index in [1.807, 2.05) is 0 Å². The highest BCUT2D eigenvalue weighted by Gasteiger charge is 2.37. The SMILES string of the molecule is Cc1cc2n(n1)Cn1nc(C)cc1[Si]2(C)C. The molecule has 0 saturated heterocycles. The summed E-state index contributed by atoms with van der Waals surface area (Å²) in [4.78, 5) is 0. The first-order valence-electron chi connectivity index (χ1n) is 5.58. The highest BCUT2D eigenvalue weighted by atomic mass is 28.3. The van der Waals surface area contributed by atoms with E-state index < -0.39 is 8.07 Å². The van der Waals surface area contributed by atoms with Crippen molar-refractivity contribution in [2.24, 2.45) is 0 Å². The summed E-state index contributed by atoms with van der Waals surface area (Å²) in [6.07, 6.45) is 0. The monoisotopic (exact) mass is 232 g/mol. The average molecular weight is 232 g/mol. The van der Waals surface area contributed by atoms with Gasteiger partial charge in [0.15, 0.2) is 8.07 Å². The van der Waals surface area contributed by atoms with Crippen LogP contribution in [-0.4, -0.2) is 27.6 Å². The summed E-state index contributed by atoms with van der Waals surface area (Å²) in [7, 11) is -1.59. The molecule has 0 atom stereocenters. The van der Waals surface area contributed by atoms with Crippen LogP contribution in [0.2, 0.25) is 13.1 Å². The number of aryl methyl sites for hydroxylation is 2. The quantitative estimate of drug-likeness (QED) is 0.614. The molecule has 0 aliphatic carbocycles. The summed E-state index contributed by atoms with van der Waals surface area (Å²) in [5.41, 5.74) is 2.22. The molecule has 16 heavy (non-hydrogen) atoms. The molecule has 3 rings (SSSR count). The van der Waals surface area contributed by atoms with Gasteiger partial charge in [-0.05, 0) is 26.0 Å². The van der Waals surface area contributed by atoms with Gasteiger partial charge in [-0.25, -0.2) is 0 Å². The van der Waals surface area contributed by atoms with Gasteiger partial charge in [-0.2, -0.15) is 10.2 Å². The van der Waals surface area contributed by atoms with E-state index in [0.29, 0.717) is 0 Å². The Bertz CT molecular complexity index is 516. The first-order valence-corrected chi connectivity index (χ1v) is 8.58. The van der Waals surface area contributed by atoms with Crippen LogP contribution in [0.3, 0.4) is 0 Å². The maximum Gasteiger partial charge on any atom is 0.157 e. The molecule has 0 fully saturated rings. The number of hydrogen-bond donors (Lipinski definition) is 0. The van der Waals surface area contributed by atoms with Crippen LogP contribution in [0, 0.1) is 13.8 Å². The zero-order valence-corrected chi connectivity index (χ0v) is 11.2. The lowest BCUT2D eigenvalue weighted by Crippen LogP contribution is -2.62. The topological polar surface area (TPSA) is 35.6 Å². The predicted octanol–water partition coefficient (Wildman–Crippen LogP) is 0.338. The maximum atomic E-state index is 4.55. The van der Waals surface area contributed by atoms with Crippen molar-refractivity contribution in [3.63, 3.8) is 0 Å². The Morgan fingerprint density at radius 3 is 1.88 bits per heavy atom. The molecule has 0 amide bonds. The summed E-state index contributed by atoms with van der Waals surface area (Å²) in [5, 5.41) is 11.9. The van der Waals surface area contributed by atoms with Gasteiger partial charge < -0.3 is 0 Å². The van der Waals surface area contributed by atoms with Crippen LogP contribution in [-0.2, 0) is 6.67 Å². The third kappa shape index (κ3) is 1.15. The lowest BCUT2D eigenvalue weighted by atomic mass is 10.5. The fraction of sp³-hybridized carbons (Fsp3) is 0.455. The number of fused-ring (bicyclic) bond motifs is 2. The van der Waals surface area contributed by atoms with Gasteiger partial charge >= 0.3 is 0 Å². The number of aromatic nitrogens is 4. The van der Waals surface area contributed by atoms with Gasteiger partial charge in [0.25, 0.3) is 0 Å². The Morgan fingerprint density at radius 2 is 1.44 bits per heavy atom. The van der Waals surface area contributed by atoms with Crippen LogP contribution in [0.4, 0.5) is 0 Å². The molecule has 3 heterocycles. The Kier molecular flexibility index (Phi) is 1.75. The van der Waals surface area contributed by atoms with Crippen molar-refractivity contribution in [1.82, 2.24) is 19.6 Å². The molecular weight excluding hydrogens is 216 g/mol. The fourth-order valence-corrected chi connectivity index (χ4v) is 5.50. The minimum atomic E-state index is -1.59. The molecule has 0 N–H and O–H groups in total. The van der Waals surface area contributed by atoms with Crippen molar-refractivity contribution in [3.8, 4) is 0 Å². The van der Waals surface area contributed by atoms with Gasteiger partial charge in [0.1, 0.15) is 6.67 Å². The molecular formula is C11H16N4Si. The lowest BCUT2D eigenvalue weighted by Gasteiger charge is -2.29. The molecule has 0 aromatic carbocycles. The van der Waals surface area contributed by atoms with Crippen LogP contribution < -0.4 is 10.6 Å². The molecule has 1 aliphatic heterocycles. The van der Waals surface area contributed by atoms with E-state index in [1.54, 1.807) is 0 Å². The average Bonchev–Trinajstić information content (AvgIpc) is 2.70. The second kappa shape index (κ2) is 2.85. The highest BCUT2D eigenvalue weighted by Crippen LogP contribution is 2.11. The molecule has 2 aromatic heterocycles. The van der Waals surface area contributed by atoms with Crippen LogP contribution in [0.5, 0.6) is 0 Å². The zero-order chi connectivity index (χ0) is 11.5. The van der Waals surface area contributed by atoms with Crippen LogP contribution >= 0.6 is 0 Å². The summed E-state index contributed by atoms with van der Waals surface area (Å²) in [6.45, 7) is 9.62. The highest BCUT2D eigenvalue weighted by molar-refractivity contribution is 6.99. The smallest absolute Gasteiger partial charge is 0.157 e. The van der Waals surface area contributed by atoms with Crippen LogP contribution in [0.25, 0.3) is 0 Å². The molecule has 0 radical (unpaired) electrons. The Morgan fingerprint density at radius 1 is 1.00 bits per heavy atom. The van der Waals surface area contributed by atoms with E-state index in [4.69, 9.17) is 0 Å². The summed E-state index contributed by atoms with van der Waals surface area (Å²) < 4.78 is 4.22. The zero-order valence-electron chi connectivity index (χ0n) is 10.2. The van der Waals surface area contributed by atoms with Crippen molar-refractivity contribution in [3.05, 3.63) is 23.5 Å². The first-order chi connectivity index (χ1) is 7.48. The van der Waals surface area contributed by atoms with Crippen LogP contribution in [0.1, 0.15) is 11.4 Å². The fourth-order valence-electron chi connectivity index (χ4n) is 2.57. The third-order valence-corrected chi connectivity index (χ3v) is 6.72. The second-order valence-electron chi connectivity index (χ2n) is 5.11. The largest absolute Gasteiger partial charge is 0.252 e. The summed E-state index contributed by atoms with van der Waals surface area (Å²) in [6, 6.07) is 4.47. The van der Waals surface area contributed by atoms with Crippen molar-refractivity contribution in [2.45, 2.75) is 33.6 Å². The minimum Gasteiger partial charge on any atom is -0.252 e. The number of hydrogen-bond acceptors (Lipinski definition) is 2. The minimum absolute atomic E-state index is 0.767. The van der Waals surface area contributed by atoms with Crippen molar-refractivity contribution >= 4 is 18.7 Å². The van der Waals surface area contributed by atoms with E-state index in [2.05, 4.69) is 58.6 Å². The van der Waals surface area contributed by atoms with Crippen molar-refractivity contribution < 1.29 is 0 Å². The Labute approximate surface area is 95.9 Å². The summed E-state index contributed by atoms with van der Waals surface area (Å²) >= 11 is 0. The Balaban J connectivity index is 2.26. The Hall–Kier alpha value is -1.36. The molecule has 4 nitrogen and oxygen atoms in total. The van der Waals surface area contributed by atoms with E-state index in [-0.39, 0.29) is 0 Å². The van der Waals surface area contributed by atoms with Gasteiger partial charge in [0, 0.05) is 10.6 Å². The van der Waals surface area contributed by atoms with Gasteiger partial charge in [0.05, 0.1) is 11.4 Å². The van der Waals surface area contributed by atoms with Gasteiger partial charge in [-0.3, -0.25) is 9.36 Å².